The van der Waals surface area contributed by atoms with Gasteiger partial charge in [-0.2, -0.15) is 0 Å². The number of pyridine rings is 1. The molecule has 27 heavy (non-hydrogen) atoms. The highest BCUT2D eigenvalue weighted by atomic mass is 79.9. The van der Waals surface area contributed by atoms with Crippen molar-refractivity contribution in [2.45, 2.75) is 13.0 Å². The molecule has 0 aliphatic heterocycles. The molecule has 1 aromatic heterocycles. The average Bonchev–Trinajstić information content (AvgIpc) is 2.56. The minimum Gasteiger partial charge on any atom is -0.348 e. The number of likely N-dealkylation sites (N-methyl/N-ethyl adjacent to an activating group) is 1. The third kappa shape index (κ3) is 7.10. The Balaban J connectivity index is 1.82. The standard InChI is InChI=1S/C18H19BrCl2N4O2/c1-11(14-5-4-13(20)7-15(14)21)23-17(26)9-25(2)10-18(27)24-16-6-3-12(19)8-22-16/h3-8,11H,9-10H2,1-2H3,(H,23,26)(H,22,24,27). The molecule has 9 heteroatoms. The van der Waals surface area contributed by atoms with E-state index in [9.17, 15) is 9.59 Å². The minimum atomic E-state index is -0.281. The monoisotopic (exact) mass is 472 g/mol. The second-order valence-electron chi connectivity index (χ2n) is 6.04. The van der Waals surface area contributed by atoms with E-state index in [4.69, 9.17) is 23.2 Å². The fourth-order valence-corrected chi connectivity index (χ4v) is 3.20. The second kappa shape index (κ2) is 10.0. The van der Waals surface area contributed by atoms with Crippen LogP contribution in [-0.4, -0.2) is 41.8 Å². The van der Waals surface area contributed by atoms with Crippen molar-refractivity contribution in [1.29, 1.82) is 0 Å². The van der Waals surface area contributed by atoms with Gasteiger partial charge in [-0.1, -0.05) is 29.3 Å². The van der Waals surface area contributed by atoms with Crippen molar-refractivity contribution >= 4 is 56.8 Å². The van der Waals surface area contributed by atoms with Crippen molar-refractivity contribution in [1.82, 2.24) is 15.2 Å². The quantitative estimate of drug-likeness (QED) is 0.639. The van der Waals surface area contributed by atoms with Crippen LogP contribution in [0.2, 0.25) is 10.0 Å². The van der Waals surface area contributed by atoms with Crippen LogP contribution in [0, 0.1) is 0 Å². The molecule has 2 N–H and O–H groups in total. The lowest BCUT2D eigenvalue weighted by Crippen LogP contribution is -2.39. The largest absolute Gasteiger partial charge is 0.348 e. The molecule has 0 aliphatic carbocycles. The van der Waals surface area contributed by atoms with Gasteiger partial charge < -0.3 is 10.6 Å². The number of carbonyl (C=O) groups is 2. The molecular formula is C18H19BrCl2N4O2. The van der Waals surface area contributed by atoms with E-state index in [1.54, 1.807) is 48.5 Å². The summed E-state index contributed by atoms with van der Waals surface area (Å²) in [5.74, 6) is -0.0217. The Bertz CT molecular complexity index is 818. The van der Waals surface area contributed by atoms with Gasteiger partial charge in [-0.25, -0.2) is 4.98 Å². The molecular weight excluding hydrogens is 455 g/mol. The predicted molar refractivity (Wildman–Crippen MR) is 111 cm³/mol. The number of aromatic nitrogens is 1. The molecule has 0 saturated heterocycles. The lowest BCUT2D eigenvalue weighted by molar-refractivity contribution is -0.123. The van der Waals surface area contributed by atoms with E-state index < -0.39 is 0 Å². The first-order chi connectivity index (χ1) is 12.7. The second-order valence-corrected chi connectivity index (χ2v) is 7.80. The smallest absolute Gasteiger partial charge is 0.239 e. The highest BCUT2D eigenvalue weighted by Crippen LogP contribution is 2.26. The maximum atomic E-state index is 12.2. The van der Waals surface area contributed by atoms with Gasteiger partial charge in [0.1, 0.15) is 5.82 Å². The Morgan fingerprint density at radius 3 is 2.52 bits per heavy atom. The fraction of sp³-hybridized carbons (Fsp3) is 0.278. The number of hydrogen-bond acceptors (Lipinski definition) is 4. The molecule has 0 saturated carbocycles. The van der Waals surface area contributed by atoms with Crippen molar-refractivity contribution in [2.24, 2.45) is 0 Å². The number of hydrogen-bond donors (Lipinski definition) is 2. The van der Waals surface area contributed by atoms with Gasteiger partial charge in [0.15, 0.2) is 0 Å². The summed E-state index contributed by atoms with van der Waals surface area (Å²) in [5.41, 5.74) is 0.774. The van der Waals surface area contributed by atoms with Gasteiger partial charge in [0.05, 0.1) is 19.1 Å². The summed E-state index contributed by atoms with van der Waals surface area (Å²) in [6.45, 7) is 1.96. The summed E-state index contributed by atoms with van der Waals surface area (Å²) in [6.07, 6.45) is 1.59. The normalized spacial score (nSPS) is 11.9. The van der Waals surface area contributed by atoms with E-state index in [1.807, 2.05) is 6.92 Å². The Morgan fingerprint density at radius 1 is 1.19 bits per heavy atom. The minimum absolute atomic E-state index is 0.0568. The van der Waals surface area contributed by atoms with Crippen LogP contribution in [0.25, 0.3) is 0 Å². The number of nitrogens with one attached hydrogen (secondary N) is 2. The highest BCUT2D eigenvalue weighted by Gasteiger charge is 2.16. The Morgan fingerprint density at radius 2 is 1.89 bits per heavy atom. The van der Waals surface area contributed by atoms with Crippen molar-refractivity contribution in [3.8, 4) is 0 Å². The molecule has 0 radical (unpaired) electrons. The molecule has 2 rings (SSSR count). The van der Waals surface area contributed by atoms with Gasteiger partial charge in [0, 0.05) is 20.7 Å². The van der Waals surface area contributed by atoms with Gasteiger partial charge in [-0.3, -0.25) is 14.5 Å². The van der Waals surface area contributed by atoms with E-state index >= 15 is 0 Å². The van der Waals surface area contributed by atoms with E-state index in [2.05, 4.69) is 31.5 Å². The van der Waals surface area contributed by atoms with Gasteiger partial charge in [-0.15, -0.1) is 0 Å². The van der Waals surface area contributed by atoms with Crippen LogP contribution in [0.5, 0.6) is 0 Å². The first-order valence-corrected chi connectivity index (χ1v) is 9.63. The van der Waals surface area contributed by atoms with E-state index in [0.29, 0.717) is 15.9 Å². The third-order valence-electron chi connectivity index (χ3n) is 3.63. The van der Waals surface area contributed by atoms with Crippen LogP contribution >= 0.6 is 39.1 Å². The van der Waals surface area contributed by atoms with E-state index in [0.717, 1.165) is 10.0 Å². The summed E-state index contributed by atoms with van der Waals surface area (Å²) >= 11 is 15.3. The Labute approximate surface area is 176 Å². The number of carbonyl (C=O) groups excluding carboxylic acids is 2. The highest BCUT2D eigenvalue weighted by molar-refractivity contribution is 9.10. The van der Waals surface area contributed by atoms with Gasteiger partial charge in [-0.05, 0) is 59.7 Å². The van der Waals surface area contributed by atoms with Gasteiger partial charge in [0.25, 0.3) is 0 Å². The Hall–Kier alpha value is -1.67. The molecule has 1 aromatic carbocycles. The molecule has 1 heterocycles. The number of halogens is 3. The first-order valence-electron chi connectivity index (χ1n) is 8.09. The molecule has 6 nitrogen and oxygen atoms in total. The molecule has 144 valence electrons. The van der Waals surface area contributed by atoms with Crippen LogP contribution in [0.15, 0.2) is 41.0 Å². The molecule has 0 bridgehead atoms. The zero-order valence-electron chi connectivity index (χ0n) is 14.8. The van der Waals surface area contributed by atoms with Gasteiger partial charge >= 0.3 is 0 Å². The van der Waals surface area contributed by atoms with Crippen molar-refractivity contribution in [2.75, 3.05) is 25.5 Å². The summed E-state index contributed by atoms with van der Waals surface area (Å²) in [5, 5.41) is 6.56. The molecule has 2 amide bonds. The third-order valence-corrected chi connectivity index (χ3v) is 4.66. The molecule has 0 fully saturated rings. The summed E-state index contributed by atoms with van der Waals surface area (Å²) in [7, 11) is 1.69. The summed E-state index contributed by atoms with van der Waals surface area (Å²) in [4.78, 5) is 30.0. The van der Waals surface area contributed by atoms with Crippen LogP contribution in [0.1, 0.15) is 18.5 Å². The number of nitrogens with zero attached hydrogens (tertiary/aromatic N) is 2. The fourth-order valence-electron chi connectivity index (χ4n) is 2.40. The molecule has 0 aliphatic rings. The van der Waals surface area contributed by atoms with Crippen molar-refractivity contribution < 1.29 is 9.59 Å². The SMILES string of the molecule is CC(NC(=O)CN(C)CC(=O)Nc1ccc(Br)cn1)c1ccc(Cl)cc1Cl. The number of amides is 2. The average molecular weight is 474 g/mol. The van der Waals surface area contributed by atoms with E-state index in [-0.39, 0.29) is 30.9 Å². The topological polar surface area (TPSA) is 74.3 Å². The summed E-state index contributed by atoms with van der Waals surface area (Å²) in [6, 6.07) is 8.32. The lowest BCUT2D eigenvalue weighted by atomic mass is 10.1. The van der Waals surface area contributed by atoms with Crippen molar-refractivity contribution in [3.63, 3.8) is 0 Å². The first kappa shape index (κ1) is 21.6. The molecule has 0 spiro atoms. The lowest BCUT2D eigenvalue weighted by Gasteiger charge is -2.19. The van der Waals surface area contributed by atoms with Crippen LogP contribution in [0.3, 0.4) is 0 Å². The molecule has 2 aromatic rings. The predicted octanol–water partition coefficient (Wildman–Crippen LogP) is 3.90. The zero-order valence-corrected chi connectivity index (χ0v) is 17.9. The van der Waals surface area contributed by atoms with Crippen molar-refractivity contribution in [3.05, 3.63) is 56.6 Å². The van der Waals surface area contributed by atoms with Crippen LogP contribution < -0.4 is 10.6 Å². The maximum Gasteiger partial charge on any atom is 0.239 e. The van der Waals surface area contributed by atoms with Crippen LogP contribution in [0.4, 0.5) is 5.82 Å². The molecule has 1 atom stereocenters. The summed E-state index contributed by atoms with van der Waals surface area (Å²) < 4.78 is 0.823. The number of rotatable bonds is 7. The number of anilines is 1. The van der Waals surface area contributed by atoms with Gasteiger partial charge in [0.2, 0.25) is 11.8 Å². The van der Waals surface area contributed by atoms with E-state index in [1.165, 1.54) is 0 Å². The Kier molecular flexibility index (Phi) is 8.04. The zero-order chi connectivity index (χ0) is 20.0. The molecule has 1 unspecified atom stereocenters. The maximum absolute atomic E-state index is 12.2. The van der Waals surface area contributed by atoms with Crippen LogP contribution in [-0.2, 0) is 9.59 Å². The number of benzene rings is 1.